The van der Waals surface area contributed by atoms with Crippen molar-refractivity contribution in [2.45, 2.75) is 32.2 Å². The van der Waals surface area contributed by atoms with E-state index in [1.54, 1.807) is 0 Å². The highest BCUT2D eigenvalue weighted by molar-refractivity contribution is 7.09. The minimum absolute atomic E-state index is 0.161. The molecule has 2 nitrogen and oxygen atoms in total. The average molecular weight is 323 g/mol. The topological polar surface area (TPSA) is 29.3 Å². The van der Waals surface area contributed by atoms with Crippen molar-refractivity contribution in [1.82, 2.24) is 0 Å². The van der Waals surface area contributed by atoms with Crippen LogP contribution < -0.4 is 10.6 Å². The summed E-state index contributed by atoms with van der Waals surface area (Å²) in [7, 11) is 2.13. The highest BCUT2D eigenvalue weighted by Gasteiger charge is 2.13. The second-order valence-corrected chi connectivity index (χ2v) is 6.80. The predicted molar refractivity (Wildman–Crippen MR) is 94.7 cm³/mol. The van der Waals surface area contributed by atoms with Gasteiger partial charge in [0.05, 0.1) is 0 Å². The lowest BCUT2D eigenvalue weighted by molar-refractivity contribution is 0.645. The Hall–Kier alpha value is -1.03. The SMILES string of the molecule is CCC(N)Cc1c(Cl)cccc1N(C)CCc1cccs1. The third-order valence-corrected chi connectivity index (χ3v) is 5.06. The van der Waals surface area contributed by atoms with E-state index in [1.807, 2.05) is 23.5 Å². The van der Waals surface area contributed by atoms with Crippen molar-refractivity contribution in [2.24, 2.45) is 5.73 Å². The summed E-state index contributed by atoms with van der Waals surface area (Å²) in [6, 6.07) is 10.6. The van der Waals surface area contributed by atoms with Crippen molar-refractivity contribution in [3.63, 3.8) is 0 Å². The summed E-state index contributed by atoms with van der Waals surface area (Å²) in [6.07, 6.45) is 2.85. The fraction of sp³-hybridized carbons (Fsp3) is 0.412. The van der Waals surface area contributed by atoms with E-state index in [2.05, 4.69) is 42.5 Å². The van der Waals surface area contributed by atoms with Crippen molar-refractivity contribution < 1.29 is 0 Å². The van der Waals surface area contributed by atoms with E-state index in [0.717, 1.165) is 30.8 Å². The number of likely N-dealkylation sites (N-methyl/N-ethyl adjacent to an activating group) is 1. The summed E-state index contributed by atoms with van der Waals surface area (Å²) < 4.78 is 0. The van der Waals surface area contributed by atoms with E-state index in [4.69, 9.17) is 17.3 Å². The molecule has 0 aliphatic heterocycles. The molecule has 1 aromatic heterocycles. The molecule has 114 valence electrons. The molecule has 0 fully saturated rings. The number of thiophene rings is 1. The summed E-state index contributed by atoms with van der Waals surface area (Å²) in [6.45, 7) is 3.09. The second-order valence-electron chi connectivity index (χ2n) is 5.36. The smallest absolute Gasteiger partial charge is 0.0459 e. The minimum Gasteiger partial charge on any atom is -0.374 e. The Kier molecular flexibility index (Phi) is 6.09. The molecule has 0 spiro atoms. The van der Waals surface area contributed by atoms with Crippen LogP contribution in [0.5, 0.6) is 0 Å². The summed E-state index contributed by atoms with van der Waals surface area (Å²) >= 11 is 8.20. The Labute approximate surface area is 136 Å². The standard InChI is InChI=1S/C17H23ClN2S/c1-3-13(19)12-15-16(18)7-4-8-17(15)20(2)10-9-14-6-5-11-21-14/h4-8,11,13H,3,9-10,12,19H2,1-2H3. The van der Waals surface area contributed by atoms with Gasteiger partial charge in [0.2, 0.25) is 0 Å². The molecule has 0 amide bonds. The van der Waals surface area contributed by atoms with E-state index in [0.29, 0.717) is 0 Å². The van der Waals surface area contributed by atoms with Gasteiger partial charge >= 0.3 is 0 Å². The first kappa shape index (κ1) is 16.3. The van der Waals surface area contributed by atoms with Gasteiger partial charge < -0.3 is 10.6 Å². The zero-order chi connectivity index (χ0) is 15.2. The number of hydrogen-bond donors (Lipinski definition) is 1. The lowest BCUT2D eigenvalue weighted by Crippen LogP contribution is -2.25. The quantitative estimate of drug-likeness (QED) is 0.820. The first-order valence-electron chi connectivity index (χ1n) is 7.38. The van der Waals surface area contributed by atoms with Crippen molar-refractivity contribution in [3.8, 4) is 0 Å². The summed E-state index contributed by atoms with van der Waals surface area (Å²) in [4.78, 5) is 3.69. The van der Waals surface area contributed by atoms with Crippen LogP contribution in [0.25, 0.3) is 0 Å². The van der Waals surface area contributed by atoms with Crippen LogP contribution in [0.3, 0.4) is 0 Å². The molecule has 0 saturated heterocycles. The molecule has 1 atom stereocenters. The van der Waals surface area contributed by atoms with Gasteiger partial charge in [-0.05, 0) is 48.4 Å². The van der Waals surface area contributed by atoms with E-state index < -0.39 is 0 Å². The summed E-state index contributed by atoms with van der Waals surface area (Å²) in [5.74, 6) is 0. The van der Waals surface area contributed by atoms with Gasteiger partial charge in [0.15, 0.2) is 0 Å². The normalized spacial score (nSPS) is 12.4. The molecule has 2 N–H and O–H groups in total. The largest absolute Gasteiger partial charge is 0.374 e. The van der Waals surface area contributed by atoms with Gasteiger partial charge in [0.1, 0.15) is 0 Å². The van der Waals surface area contributed by atoms with Crippen molar-refractivity contribution in [1.29, 1.82) is 0 Å². The highest BCUT2D eigenvalue weighted by Crippen LogP contribution is 2.28. The van der Waals surface area contributed by atoms with Crippen molar-refractivity contribution in [3.05, 3.63) is 51.2 Å². The molecular weight excluding hydrogens is 300 g/mol. The van der Waals surface area contributed by atoms with Gasteiger partial charge in [-0.15, -0.1) is 11.3 Å². The van der Waals surface area contributed by atoms with Gasteiger partial charge in [0, 0.05) is 35.2 Å². The van der Waals surface area contributed by atoms with Crippen molar-refractivity contribution in [2.75, 3.05) is 18.5 Å². The van der Waals surface area contributed by atoms with E-state index in [-0.39, 0.29) is 6.04 Å². The first-order valence-corrected chi connectivity index (χ1v) is 8.64. The Morgan fingerprint density at radius 1 is 1.29 bits per heavy atom. The van der Waals surface area contributed by atoms with E-state index in [9.17, 15) is 0 Å². The number of rotatable bonds is 7. The summed E-state index contributed by atoms with van der Waals surface area (Å²) in [5, 5.41) is 2.94. The predicted octanol–water partition coefficient (Wildman–Crippen LogP) is 4.36. The minimum atomic E-state index is 0.161. The van der Waals surface area contributed by atoms with Gasteiger partial charge in [-0.3, -0.25) is 0 Å². The Balaban J connectivity index is 2.11. The number of halogens is 1. The molecule has 0 saturated carbocycles. The van der Waals surface area contributed by atoms with Crippen LogP contribution in [0.4, 0.5) is 5.69 Å². The maximum atomic E-state index is 6.39. The van der Waals surface area contributed by atoms with Gasteiger partial charge in [-0.25, -0.2) is 0 Å². The lowest BCUT2D eigenvalue weighted by Gasteiger charge is -2.24. The lowest BCUT2D eigenvalue weighted by atomic mass is 10.0. The maximum absolute atomic E-state index is 6.39. The van der Waals surface area contributed by atoms with Crippen LogP contribution >= 0.6 is 22.9 Å². The Bertz CT molecular complexity index is 554. The monoisotopic (exact) mass is 322 g/mol. The number of nitrogens with zero attached hydrogens (tertiary/aromatic N) is 1. The molecule has 0 radical (unpaired) electrons. The summed E-state index contributed by atoms with van der Waals surface area (Å²) in [5.41, 5.74) is 8.48. The molecule has 2 rings (SSSR count). The average Bonchev–Trinajstić information content (AvgIpc) is 3.00. The third kappa shape index (κ3) is 4.47. The number of anilines is 1. The van der Waals surface area contributed by atoms with Crippen LogP contribution in [0, 0.1) is 0 Å². The van der Waals surface area contributed by atoms with Crippen LogP contribution in [0.1, 0.15) is 23.8 Å². The zero-order valence-corrected chi connectivity index (χ0v) is 14.3. The van der Waals surface area contributed by atoms with Crippen LogP contribution in [-0.4, -0.2) is 19.6 Å². The Morgan fingerprint density at radius 2 is 2.10 bits per heavy atom. The molecule has 1 unspecified atom stereocenters. The number of nitrogens with two attached hydrogens (primary N) is 1. The van der Waals surface area contributed by atoms with Crippen LogP contribution in [0.15, 0.2) is 35.7 Å². The fourth-order valence-corrected chi connectivity index (χ4v) is 3.31. The maximum Gasteiger partial charge on any atom is 0.0459 e. The molecule has 0 aliphatic carbocycles. The highest BCUT2D eigenvalue weighted by atomic mass is 35.5. The molecule has 1 aromatic carbocycles. The number of benzene rings is 1. The third-order valence-electron chi connectivity index (χ3n) is 3.77. The van der Waals surface area contributed by atoms with Crippen LogP contribution in [0.2, 0.25) is 5.02 Å². The zero-order valence-electron chi connectivity index (χ0n) is 12.7. The van der Waals surface area contributed by atoms with Gasteiger partial charge in [-0.2, -0.15) is 0 Å². The first-order chi connectivity index (χ1) is 10.1. The molecular formula is C17H23ClN2S. The molecule has 21 heavy (non-hydrogen) atoms. The molecule has 0 bridgehead atoms. The molecule has 0 aliphatic rings. The van der Waals surface area contributed by atoms with E-state index >= 15 is 0 Å². The fourth-order valence-electron chi connectivity index (χ4n) is 2.37. The van der Waals surface area contributed by atoms with Crippen molar-refractivity contribution >= 4 is 28.6 Å². The van der Waals surface area contributed by atoms with Gasteiger partial charge in [-0.1, -0.05) is 30.7 Å². The van der Waals surface area contributed by atoms with Gasteiger partial charge in [0.25, 0.3) is 0 Å². The molecule has 4 heteroatoms. The Morgan fingerprint density at radius 3 is 2.76 bits per heavy atom. The molecule has 1 heterocycles. The number of hydrogen-bond acceptors (Lipinski definition) is 3. The van der Waals surface area contributed by atoms with Crippen LogP contribution in [-0.2, 0) is 12.8 Å². The molecule has 2 aromatic rings. The van der Waals surface area contributed by atoms with E-state index in [1.165, 1.54) is 16.1 Å². The second kappa shape index (κ2) is 7.83.